The van der Waals surface area contributed by atoms with Gasteiger partial charge in [0.15, 0.2) is 11.5 Å². The van der Waals surface area contributed by atoms with Crippen LogP contribution in [-0.2, 0) is 10.2 Å². The fraction of sp³-hybridized carbons (Fsp3) is 0.700. The molecule has 0 amide bonds. The first-order valence-corrected chi connectivity index (χ1v) is 9.06. The maximum absolute atomic E-state index is 10.9. The van der Waals surface area contributed by atoms with Gasteiger partial charge in [-0.15, -0.1) is 0 Å². The van der Waals surface area contributed by atoms with Crippen molar-refractivity contribution in [1.82, 2.24) is 0 Å². The zero-order valence-corrected chi connectivity index (χ0v) is 15.0. The molecule has 5 rings (SSSR count). The van der Waals surface area contributed by atoms with Gasteiger partial charge >= 0.3 is 0 Å². The van der Waals surface area contributed by atoms with Gasteiger partial charge in [-0.2, -0.15) is 0 Å². The molecule has 24 heavy (non-hydrogen) atoms. The molecule has 1 spiro atoms. The van der Waals surface area contributed by atoms with Gasteiger partial charge in [-0.3, -0.25) is 0 Å². The van der Waals surface area contributed by atoms with Gasteiger partial charge in [0.1, 0.15) is 0 Å². The Balaban J connectivity index is 1.97. The Hall–Kier alpha value is -1.26. The summed E-state index contributed by atoms with van der Waals surface area (Å²) in [6.07, 6.45) is 1.86. The van der Waals surface area contributed by atoms with E-state index in [4.69, 9.17) is 4.74 Å². The molecule has 4 nitrogen and oxygen atoms in total. The first kappa shape index (κ1) is 16.2. The van der Waals surface area contributed by atoms with Gasteiger partial charge in [0.25, 0.3) is 0 Å². The molecule has 1 aromatic rings. The molecule has 2 bridgehead atoms. The van der Waals surface area contributed by atoms with Crippen LogP contribution in [0, 0.1) is 11.3 Å². The number of hydrogen-bond acceptors (Lipinski definition) is 4. The Bertz CT molecular complexity index is 693. The molecule has 0 radical (unpaired) electrons. The molecule has 0 unspecified atom stereocenters. The molecule has 1 aromatic carbocycles. The van der Waals surface area contributed by atoms with E-state index in [1.807, 2.05) is 19.9 Å². The Kier molecular flexibility index (Phi) is 3.30. The standard InChI is InChI=1S/C20H28O4/c1-10(2)12-5-13-14-6-15-19(3,4)7-11(21)8-20(15,9-24-14)16(13)18(23)17(12)22/h5,10-11,14-15,21-23H,6-9H2,1-4H3/t11-,14-,15-,20+/m0/s1. The van der Waals surface area contributed by atoms with Gasteiger partial charge in [0.05, 0.1) is 18.8 Å². The van der Waals surface area contributed by atoms with Crippen molar-refractivity contribution in [2.75, 3.05) is 6.61 Å². The van der Waals surface area contributed by atoms with Crippen LogP contribution in [0.4, 0.5) is 0 Å². The summed E-state index contributed by atoms with van der Waals surface area (Å²) in [5, 5.41) is 32.0. The molecule has 2 aliphatic heterocycles. The van der Waals surface area contributed by atoms with Gasteiger partial charge in [-0.25, -0.2) is 0 Å². The zero-order chi connectivity index (χ0) is 17.4. The van der Waals surface area contributed by atoms with Crippen molar-refractivity contribution in [1.29, 1.82) is 0 Å². The van der Waals surface area contributed by atoms with Gasteiger partial charge < -0.3 is 20.1 Å². The number of rotatable bonds is 1. The van der Waals surface area contributed by atoms with Crippen LogP contribution in [0.3, 0.4) is 0 Å². The average Bonchev–Trinajstić information content (AvgIpc) is 2.48. The lowest BCUT2D eigenvalue weighted by Crippen LogP contribution is -2.59. The summed E-state index contributed by atoms with van der Waals surface area (Å²) in [5.41, 5.74) is 2.20. The highest BCUT2D eigenvalue weighted by Gasteiger charge is 2.61. The van der Waals surface area contributed by atoms with Crippen molar-refractivity contribution >= 4 is 0 Å². The molecule has 2 fully saturated rings. The van der Waals surface area contributed by atoms with Crippen LogP contribution < -0.4 is 0 Å². The van der Waals surface area contributed by atoms with Gasteiger partial charge in [0, 0.05) is 16.5 Å². The largest absolute Gasteiger partial charge is 0.504 e. The van der Waals surface area contributed by atoms with Crippen LogP contribution in [-0.4, -0.2) is 28.0 Å². The Morgan fingerprint density at radius 3 is 2.54 bits per heavy atom. The number of hydrogen-bond donors (Lipinski definition) is 3. The van der Waals surface area contributed by atoms with Crippen molar-refractivity contribution in [2.24, 2.45) is 11.3 Å². The molecule has 132 valence electrons. The van der Waals surface area contributed by atoms with E-state index in [1.54, 1.807) is 0 Å². The SMILES string of the molecule is CC(C)c1cc2c(c(O)c1O)[C@]13CO[C@H]2C[C@H]1C(C)(C)C[C@H](O)C3. The number of fused-ring (bicyclic) bond motifs is 1. The molecule has 2 aliphatic carbocycles. The van der Waals surface area contributed by atoms with E-state index in [0.29, 0.717) is 18.9 Å². The molecular formula is C20H28O4. The molecule has 1 saturated heterocycles. The number of ether oxygens (including phenoxy) is 1. The minimum absolute atomic E-state index is 0.00212. The van der Waals surface area contributed by atoms with Crippen molar-refractivity contribution in [3.05, 3.63) is 22.8 Å². The van der Waals surface area contributed by atoms with Crippen molar-refractivity contribution < 1.29 is 20.1 Å². The third kappa shape index (κ3) is 1.93. The molecule has 2 heterocycles. The number of phenolic OH excluding ortho intramolecular Hbond substituents is 2. The fourth-order valence-electron chi connectivity index (χ4n) is 5.85. The number of aliphatic hydroxyl groups excluding tert-OH is 1. The molecule has 3 N–H and O–H groups in total. The summed E-state index contributed by atoms with van der Waals surface area (Å²) < 4.78 is 6.13. The van der Waals surface area contributed by atoms with E-state index in [-0.39, 0.29) is 28.9 Å². The predicted octanol–water partition coefficient (Wildman–Crippen LogP) is 3.73. The highest BCUT2D eigenvalue weighted by atomic mass is 16.5. The highest BCUT2D eigenvalue weighted by molar-refractivity contribution is 5.61. The second-order valence-corrected chi connectivity index (χ2v) is 9.08. The van der Waals surface area contributed by atoms with E-state index >= 15 is 0 Å². The van der Waals surface area contributed by atoms with E-state index in [0.717, 1.165) is 29.5 Å². The van der Waals surface area contributed by atoms with Crippen LogP contribution in [0.15, 0.2) is 6.07 Å². The van der Waals surface area contributed by atoms with Crippen molar-refractivity contribution in [3.8, 4) is 11.5 Å². The Morgan fingerprint density at radius 1 is 1.17 bits per heavy atom. The second kappa shape index (κ2) is 4.89. The lowest BCUT2D eigenvalue weighted by atomic mass is 9.47. The van der Waals surface area contributed by atoms with Gasteiger partial charge in [0.2, 0.25) is 0 Å². The molecule has 4 aliphatic rings. The van der Waals surface area contributed by atoms with E-state index < -0.39 is 11.5 Å². The summed E-state index contributed by atoms with van der Waals surface area (Å²) in [4.78, 5) is 0. The molecule has 4 atom stereocenters. The van der Waals surface area contributed by atoms with Crippen LogP contribution in [0.1, 0.15) is 75.7 Å². The van der Waals surface area contributed by atoms with Crippen molar-refractivity contribution in [2.45, 2.75) is 70.5 Å². The first-order valence-electron chi connectivity index (χ1n) is 9.06. The zero-order valence-electron chi connectivity index (χ0n) is 15.0. The minimum Gasteiger partial charge on any atom is -0.504 e. The first-order chi connectivity index (χ1) is 11.2. The Morgan fingerprint density at radius 2 is 1.88 bits per heavy atom. The van der Waals surface area contributed by atoms with E-state index in [2.05, 4.69) is 13.8 Å². The number of aliphatic hydroxyl groups is 1. The smallest absolute Gasteiger partial charge is 0.162 e. The number of aromatic hydroxyl groups is 2. The second-order valence-electron chi connectivity index (χ2n) is 9.08. The predicted molar refractivity (Wildman–Crippen MR) is 91.4 cm³/mol. The van der Waals surface area contributed by atoms with Crippen LogP contribution in [0.25, 0.3) is 0 Å². The fourth-order valence-corrected chi connectivity index (χ4v) is 5.85. The summed E-state index contributed by atoms with van der Waals surface area (Å²) in [7, 11) is 0. The van der Waals surface area contributed by atoms with Crippen LogP contribution in [0.5, 0.6) is 11.5 Å². The molecule has 0 aromatic heterocycles. The van der Waals surface area contributed by atoms with E-state index in [1.165, 1.54) is 0 Å². The lowest BCUT2D eigenvalue weighted by Gasteiger charge is -2.61. The summed E-state index contributed by atoms with van der Waals surface area (Å²) in [6, 6.07) is 2.02. The van der Waals surface area contributed by atoms with E-state index in [9.17, 15) is 15.3 Å². The van der Waals surface area contributed by atoms with Crippen LogP contribution in [0.2, 0.25) is 0 Å². The Labute approximate surface area is 143 Å². The van der Waals surface area contributed by atoms with Crippen LogP contribution >= 0.6 is 0 Å². The third-order valence-electron chi connectivity index (χ3n) is 6.76. The summed E-state index contributed by atoms with van der Waals surface area (Å²) in [6.45, 7) is 8.96. The highest BCUT2D eigenvalue weighted by Crippen LogP contribution is 2.65. The minimum atomic E-state index is -0.409. The summed E-state index contributed by atoms with van der Waals surface area (Å²) >= 11 is 0. The molecule has 4 heteroatoms. The maximum Gasteiger partial charge on any atom is 0.162 e. The van der Waals surface area contributed by atoms with Gasteiger partial charge in [-0.1, -0.05) is 27.7 Å². The van der Waals surface area contributed by atoms with Gasteiger partial charge in [-0.05, 0) is 48.1 Å². The average molecular weight is 332 g/mol. The normalized spacial score (nSPS) is 36.5. The lowest BCUT2D eigenvalue weighted by molar-refractivity contribution is -0.159. The topological polar surface area (TPSA) is 69.9 Å². The third-order valence-corrected chi connectivity index (χ3v) is 6.76. The monoisotopic (exact) mass is 332 g/mol. The summed E-state index contributed by atoms with van der Waals surface area (Å²) in [5.74, 6) is 0.486. The van der Waals surface area contributed by atoms with Crippen molar-refractivity contribution in [3.63, 3.8) is 0 Å². The number of benzene rings is 1. The molecular weight excluding hydrogens is 304 g/mol. The molecule has 1 saturated carbocycles. The number of phenols is 2. The quantitative estimate of drug-likeness (QED) is 0.685. The maximum atomic E-state index is 10.9.